The van der Waals surface area contributed by atoms with Crippen molar-refractivity contribution >= 4 is 29.7 Å². The molecule has 0 aromatic heterocycles. The number of aliphatic hydroxyl groups excluding tert-OH is 1. The molecule has 3 aliphatic heterocycles. The standard InChI is InChI=1S/C54H79NO17/c1-15-40-54(62,29-65-36(8)56)45(58)32(4)42(57)30(2)27-52(9,63-13)46(72-51-44(39(55(11)12)26-31(3)66-51)70-49(60)37-22-18-16-19-23-37)33(5)43(34(6)48(59)68-40)69-41-28-53(10,64-14)47(35(7)67-41)71-50(61)38-24-20-17-21-25-38/h16-25,30-35,39-41,43-47,51,58,62H,15,26-29H2,1-14H3/t30-,31-,32+,33+,34-,35+,39+,40-,41?,43+,44-,45-,46-,47+,51?,52-,53-,54-/m1/s1. The Morgan fingerprint density at radius 2 is 1.32 bits per heavy atom. The van der Waals surface area contributed by atoms with Gasteiger partial charge in [0.05, 0.1) is 59.2 Å². The van der Waals surface area contributed by atoms with Gasteiger partial charge < -0.3 is 62.5 Å². The third kappa shape index (κ3) is 13.3. The fraction of sp³-hybridized carbons (Fsp3) is 0.685. The highest BCUT2D eigenvalue weighted by atomic mass is 16.7. The van der Waals surface area contributed by atoms with Crippen LogP contribution in [-0.4, -0.2) is 164 Å². The van der Waals surface area contributed by atoms with E-state index >= 15 is 0 Å². The number of benzene rings is 2. The number of carbonyl (C=O) groups is 5. The molecule has 72 heavy (non-hydrogen) atoms. The second kappa shape index (κ2) is 24.8. The van der Waals surface area contributed by atoms with E-state index in [1.54, 1.807) is 109 Å². The second-order valence-electron chi connectivity index (χ2n) is 20.7. The number of rotatable bonds is 14. The summed E-state index contributed by atoms with van der Waals surface area (Å²) in [6.45, 7) is 15.6. The van der Waals surface area contributed by atoms with Gasteiger partial charge in [0.2, 0.25) is 0 Å². The fourth-order valence-electron chi connectivity index (χ4n) is 10.7. The number of nitrogens with zero attached hydrogens (tertiary/aromatic N) is 1. The second-order valence-corrected chi connectivity index (χ2v) is 20.7. The number of methoxy groups -OCH3 is 2. The first-order chi connectivity index (χ1) is 33.8. The summed E-state index contributed by atoms with van der Waals surface area (Å²) in [6, 6.07) is 16.7. The van der Waals surface area contributed by atoms with Gasteiger partial charge in [-0.05, 0) is 92.2 Å². The number of hydrogen-bond donors (Lipinski definition) is 2. The molecule has 0 radical (unpaired) electrons. The van der Waals surface area contributed by atoms with Crippen LogP contribution in [0.15, 0.2) is 60.7 Å². The molecule has 0 saturated carbocycles. The summed E-state index contributed by atoms with van der Waals surface area (Å²) in [6.07, 6.45) is -10.9. The van der Waals surface area contributed by atoms with Crippen molar-refractivity contribution in [2.45, 2.75) is 179 Å². The fourth-order valence-corrected chi connectivity index (χ4v) is 10.7. The number of cyclic esters (lactones) is 1. The highest BCUT2D eigenvalue weighted by Gasteiger charge is 2.56. The molecule has 3 fully saturated rings. The summed E-state index contributed by atoms with van der Waals surface area (Å²) in [5, 5.41) is 24.3. The molecule has 0 aliphatic carbocycles. The van der Waals surface area contributed by atoms with Gasteiger partial charge in [0.1, 0.15) is 24.1 Å². The molecule has 18 heteroatoms. The van der Waals surface area contributed by atoms with Crippen LogP contribution >= 0.6 is 0 Å². The van der Waals surface area contributed by atoms with E-state index in [4.69, 9.17) is 47.4 Å². The van der Waals surface area contributed by atoms with Crippen molar-refractivity contribution in [3.05, 3.63) is 71.8 Å². The molecule has 0 spiro atoms. The molecule has 3 heterocycles. The van der Waals surface area contributed by atoms with Gasteiger partial charge in [-0.25, -0.2) is 9.59 Å². The average molecular weight is 1010 g/mol. The Morgan fingerprint density at radius 1 is 0.764 bits per heavy atom. The summed E-state index contributed by atoms with van der Waals surface area (Å²) >= 11 is 0. The molecule has 5 rings (SSSR count). The Kier molecular flexibility index (Phi) is 20.1. The molecule has 402 valence electrons. The summed E-state index contributed by atoms with van der Waals surface area (Å²) in [5.74, 6) is -7.59. The summed E-state index contributed by atoms with van der Waals surface area (Å²) < 4.78 is 63.6. The Morgan fingerprint density at radius 3 is 1.85 bits per heavy atom. The zero-order valence-electron chi connectivity index (χ0n) is 44.4. The maximum atomic E-state index is 14.9. The number of ether oxygens (including phenoxy) is 10. The van der Waals surface area contributed by atoms with Crippen LogP contribution in [0.4, 0.5) is 0 Å². The van der Waals surface area contributed by atoms with E-state index in [1.807, 2.05) is 25.9 Å². The Labute approximate surface area is 424 Å². The number of hydrogen-bond acceptors (Lipinski definition) is 18. The number of aliphatic hydroxyl groups is 2. The molecular formula is C54H79NO17. The molecule has 2 aromatic carbocycles. The Hall–Kier alpha value is -4.37. The SMILES string of the molecule is CC[C@H]1OC(=O)[C@H](C)[C@@H](OC2C[C@@](C)(OC)[C@@H](OC(=O)c3ccccc3)[C@H](C)O2)[C@H](C)[C@@H](OC2O[C@H](C)C[C@H](N(C)C)[C@H]2OC(=O)c2ccccc2)[C@](C)(OC)C[C@@H](C)C(=O)[C@H](C)[C@@H](O)[C@@]1(O)COC(C)=O. The van der Waals surface area contributed by atoms with Gasteiger partial charge in [-0.1, -0.05) is 64.1 Å². The van der Waals surface area contributed by atoms with Crippen molar-refractivity contribution < 1.29 is 81.6 Å². The van der Waals surface area contributed by atoms with Crippen molar-refractivity contribution in [3.63, 3.8) is 0 Å². The van der Waals surface area contributed by atoms with E-state index in [0.717, 1.165) is 6.92 Å². The minimum atomic E-state index is -2.44. The van der Waals surface area contributed by atoms with Crippen LogP contribution in [0.2, 0.25) is 0 Å². The summed E-state index contributed by atoms with van der Waals surface area (Å²) in [5.41, 5.74) is -4.42. The Balaban J connectivity index is 1.65. The highest BCUT2D eigenvalue weighted by molar-refractivity contribution is 5.90. The van der Waals surface area contributed by atoms with Gasteiger partial charge in [0.25, 0.3) is 0 Å². The van der Waals surface area contributed by atoms with Crippen molar-refractivity contribution in [1.82, 2.24) is 4.90 Å². The molecule has 3 aliphatic rings. The van der Waals surface area contributed by atoms with Crippen LogP contribution in [0.5, 0.6) is 0 Å². The van der Waals surface area contributed by atoms with Crippen LogP contribution in [0.1, 0.15) is 116 Å². The van der Waals surface area contributed by atoms with Gasteiger partial charge in [-0.2, -0.15) is 0 Å². The molecule has 3 saturated heterocycles. The van der Waals surface area contributed by atoms with Crippen molar-refractivity contribution in [2.75, 3.05) is 34.9 Å². The first-order valence-corrected chi connectivity index (χ1v) is 25.0. The van der Waals surface area contributed by atoms with Gasteiger partial charge in [-0.3, -0.25) is 14.4 Å². The quantitative estimate of drug-likeness (QED) is 0.171. The number of ketones is 1. The van der Waals surface area contributed by atoms with Gasteiger partial charge in [-0.15, -0.1) is 0 Å². The third-order valence-electron chi connectivity index (χ3n) is 15.0. The molecule has 2 N–H and O–H groups in total. The van der Waals surface area contributed by atoms with E-state index in [-0.39, 0.29) is 19.3 Å². The first-order valence-electron chi connectivity index (χ1n) is 25.0. The van der Waals surface area contributed by atoms with E-state index < -0.39 is 144 Å². The lowest BCUT2D eigenvalue weighted by Gasteiger charge is -2.50. The van der Waals surface area contributed by atoms with Gasteiger partial charge in [0.15, 0.2) is 30.4 Å². The van der Waals surface area contributed by atoms with Gasteiger partial charge in [0, 0.05) is 45.3 Å². The number of Topliss-reactive ketones (excluding diaryl/α,β-unsaturated/α-hetero) is 1. The lowest BCUT2D eigenvalue weighted by atomic mass is 9.73. The topological polar surface area (TPSA) is 221 Å². The van der Waals surface area contributed by atoms with E-state index in [9.17, 15) is 34.2 Å². The van der Waals surface area contributed by atoms with E-state index in [1.165, 1.54) is 21.1 Å². The molecule has 18 atom stereocenters. The number of carbonyl (C=O) groups excluding carboxylic acids is 5. The first kappa shape index (κ1) is 58.5. The highest BCUT2D eigenvalue weighted by Crippen LogP contribution is 2.43. The molecule has 0 amide bonds. The van der Waals surface area contributed by atoms with E-state index in [0.29, 0.717) is 17.5 Å². The van der Waals surface area contributed by atoms with Gasteiger partial charge >= 0.3 is 23.9 Å². The molecule has 2 unspecified atom stereocenters. The molecule has 18 nitrogen and oxygen atoms in total. The monoisotopic (exact) mass is 1010 g/mol. The van der Waals surface area contributed by atoms with Crippen LogP contribution < -0.4 is 0 Å². The smallest absolute Gasteiger partial charge is 0.338 e. The van der Waals surface area contributed by atoms with Crippen LogP contribution in [-0.2, 0) is 61.8 Å². The Bertz CT molecular complexity index is 2130. The zero-order valence-corrected chi connectivity index (χ0v) is 44.4. The maximum absolute atomic E-state index is 14.9. The van der Waals surface area contributed by atoms with Crippen LogP contribution in [0.25, 0.3) is 0 Å². The normalized spacial score (nSPS) is 38.3. The van der Waals surface area contributed by atoms with Crippen molar-refractivity contribution in [1.29, 1.82) is 0 Å². The summed E-state index contributed by atoms with van der Waals surface area (Å²) in [7, 11) is 6.69. The number of esters is 4. The predicted molar refractivity (Wildman–Crippen MR) is 261 cm³/mol. The van der Waals surface area contributed by atoms with Crippen LogP contribution in [0, 0.1) is 23.7 Å². The maximum Gasteiger partial charge on any atom is 0.338 e. The zero-order chi connectivity index (χ0) is 53.5. The van der Waals surface area contributed by atoms with E-state index in [2.05, 4.69) is 0 Å². The lowest BCUT2D eigenvalue weighted by Crippen LogP contribution is -2.63. The molecule has 0 bridgehead atoms. The van der Waals surface area contributed by atoms with Crippen molar-refractivity contribution in [3.8, 4) is 0 Å². The molecular weight excluding hydrogens is 935 g/mol. The third-order valence-corrected chi connectivity index (χ3v) is 15.0. The average Bonchev–Trinajstić information content (AvgIpc) is 3.36. The largest absolute Gasteiger partial charge is 0.463 e. The summed E-state index contributed by atoms with van der Waals surface area (Å²) in [4.78, 5) is 70.9. The van der Waals surface area contributed by atoms with Crippen molar-refractivity contribution in [2.24, 2.45) is 23.7 Å². The van der Waals surface area contributed by atoms with Crippen LogP contribution in [0.3, 0.4) is 0 Å². The number of likely N-dealkylation sites (N-methyl/N-ethyl adjacent to an activating group) is 1. The minimum Gasteiger partial charge on any atom is -0.463 e. The molecule has 2 aromatic rings. The predicted octanol–water partition coefficient (Wildman–Crippen LogP) is 5.71. The minimum absolute atomic E-state index is 0.000745. The lowest BCUT2D eigenvalue weighted by molar-refractivity contribution is -0.318.